The number of likely N-dealkylation sites (N-methyl/N-ethyl adjacent to an activating group) is 1. The second-order valence-electron chi connectivity index (χ2n) is 4.32. The lowest BCUT2D eigenvalue weighted by molar-refractivity contribution is -0.0192. The molecule has 1 atom stereocenters. The zero-order chi connectivity index (χ0) is 13.7. The van der Waals surface area contributed by atoms with Crippen LogP contribution in [0.3, 0.4) is 0 Å². The fraction of sp³-hybridized carbons (Fsp3) is 0.667. The lowest BCUT2D eigenvalue weighted by atomic mass is 10.2. The smallest absolute Gasteiger partial charge is 0.232 e. The van der Waals surface area contributed by atoms with Crippen LogP contribution in [0.4, 0.5) is 5.95 Å². The minimum absolute atomic E-state index is 0.173. The first kappa shape index (κ1) is 14.5. The van der Waals surface area contributed by atoms with Crippen LogP contribution in [0.1, 0.15) is 6.92 Å². The molecule has 1 aliphatic heterocycles. The Morgan fingerprint density at radius 2 is 2.47 bits per heavy atom. The third-order valence-corrected chi connectivity index (χ3v) is 3.61. The van der Waals surface area contributed by atoms with Crippen molar-refractivity contribution in [3.63, 3.8) is 0 Å². The van der Waals surface area contributed by atoms with E-state index in [9.17, 15) is 0 Å². The van der Waals surface area contributed by atoms with Crippen LogP contribution >= 0.6 is 15.9 Å². The minimum Gasteiger partial charge on any atom is -0.480 e. The maximum absolute atomic E-state index is 5.71. The van der Waals surface area contributed by atoms with Gasteiger partial charge in [0.25, 0.3) is 0 Å². The molecule has 19 heavy (non-hydrogen) atoms. The van der Waals surface area contributed by atoms with Crippen LogP contribution < -0.4 is 10.1 Å². The second kappa shape index (κ2) is 7.02. The first-order valence-corrected chi connectivity index (χ1v) is 7.16. The fourth-order valence-corrected chi connectivity index (χ4v) is 2.33. The highest BCUT2D eigenvalue weighted by molar-refractivity contribution is 9.10. The first-order valence-electron chi connectivity index (χ1n) is 6.37. The molecule has 0 aromatic carbocycles. The second-order valence-corrected chi connectivity index (χ2v) is 5.17. The number of anilines is 1. The van der Waals surface area contributed by atoms with Gasteiger partial charge in [-0.25, -0.2) is 4.98 Å². The molecular weight excluding hydrogens is 312 g/mol. The van der Waals surface area contributed by atoms with Gasteiger partial charge in [-0.05, 0) is 22.5 Å². The van der Waals surface area contributed by atoms with Crippen LogP contribution in [-0.2, 0) is 4.74 Å². The van der Waals surface area contributed by atoms with Crippen LogP contribution in [0.5, 0.6) is 5.88 Å². The molecule has 0 amide bonds. The number of hydrogen-bond acceptors (Lipinski definition) is 6. The number of hydrogen-bond donors (Lipinski definition) is 1. The summed E-state index contributed by atoms with van der Waals surface area (Å²) in [5.74, 6) is 1.08. The number of methoxy groups -OCH3 is 1. The van der Waals surface area contributed by atoms with Gasteiger partial charge in [0.15, 0.2) is 0 Å². The average Bonchev–Trinajstić information content (AvgIpc) is 2.46. The molecule has 6 nitrogen and oxygen atoms in total. The normalized spacial score (nSPS) is 20.3. The molecule has 2 rings (SSSR count). The summed E-state index contributed by atoms with van der Waals surface area (Å²) in [6.45, 7) is 6.65. The number of halogens is 1. The predicted molar refractivity (Wildman–Crippen MR) is 76.6 cm³/mol. The third-order valence-electron chi connectivity index (χ3n) is 3.06. The molecule has 106 valence electrons. The lowest BCUT2D eigenvalue weighted by Gasteiger charge is -2.32. The number of morpholine rings is 1. The molecule has 1 aromatic rings. The summed E-state index contributed by atoms with van der Waals surface area (Å²) in [6.07, 6.45) is 1.85. The SMILES string of the molecule is CCN1CCOC(CNc2ncc(Br)c(OC)n2)C1. The molecule has 0 aliphatic carbocycles. The molecule has 1 N–H and O–H groups in total. The zero-order valence-corrected chi connectivity index (χ0v) is 12.8. The standard InChI is InChI=1S/C12H19BrN4O2/c1-3-17-4-5-19-9(8-17)6-14-12-15-7-10(13)11(16-12)18-2/h7,9H,3-6,8H2,1-2H3,(H,14,15,16). The molecule has 1 saturated heterocycles. The van der Waals surface area contributed by atoms with E-state index in [0.29, 0.717) is 18.4 Å². The fourth-order valence-electron chi connectivity index (χ4n) is 1.98. The van der Waals surface area contributed by atoms with Crippen molar-refractivity contribution in [1.29, 1.82) is 0 Å². The van der Waals surface area contributed by atoms with E-state index in [1.54, 1.807) is 13.3 Å². The molecule has 1 unspecified atom stereocenters. The summed E-state index contributed by atoms with van der Waals surface area (Å²) < 4.78 is 11.6. The van der Waals surface area contributed by atoms with Gasteiger partial charge in [0, 0.05) is 19.6 Å². The van der Waals surface area contributed by atoms with Crippen molar-refractivity contribution in [2.24, 2.45) is 0 Å². The Labute approximate surface area is 121 Å². The Morgan fingerprint density at radius 3 is 3.21 bits per heavy atom. The Morgan fingerprint density at radius 1 is 1.63 bits per heavy atom. The quantitative estimate of drug-likeness (QED) is 0.880. The Hall–Kier alpha value is -0.920. The number of ether oxygens (including phenoxy) is 2. The molecule has 7 heteroatoms. The van der Waals surface area contributed by atoms with Crippen LogP contribution in [0.25, 0.3) is 0 Å². The van der Waals surface area contributed by atoms with Crippen molar-refractivity contribution >= 4 is 21.9 Å². The number of nitrogens with one attached hydrogen (secondary N) is 1. The van der Waals surface area contributed by atoms with E-state index in [0.717, 1.165) is 30.7 Å². The van der Waals surface area contributed by atoms with Crippen LogP contribution in [0.2, 0.25) is 0 Å². The summed E-state index contributed by atoms with van der Waals surface area (Å²) >= 11 is 3.33. The van der Waals surface area contributed by atoms with Gasteiger partial charge in [-0.3, -0.25) is 4.90 Å². The van der Waals surface area contributed by atoms with Gasteiger partial charge in [0.1, 0.15) is 0 Å². The van der Waals surface area contributed by atoms with E-state index in [2.05, 4.69) is 43.0 Å². The molecule has 0 radical (unpaired) electrons. The molecular formula is C12H19BrN4O2. The topological polar surface area (TPSA) is 59.5 Å². The van der Waals surface area contributed by atoms with Crippen molar-refractivity contribution in [2.75, 3.05) is 45.2 Å². The van der Waals surface area contributed by atoms with Crippen molar-refractivity contribution in [1.82, 2.24) is 14.9 Å². The maximum atomic E-state index is 5.71. The van der Waals surface area contributed by atoms with Crippen LogP contribution in [-0.4, -0.2) is 60.9 Å². The van der Waals surface area contributed by atoms with Gasteiger partial charge < -0.3 is 14.8 Å². The van der Waals surface area contributed by atoms with E-state index >= 15 is 0 Å². The largest absolute Gasteiger partial charge is 0.480 e. The Balaban J connectivity index is 1.88. The van der Waals surface area contributed by atoms with Gasteiger partial charge in [0.2, 0.25) is 11.8 Å². The van der Waals surface area contributed by atoms with Crippen molar-refractivity contribution in [3.05, 3.63) is 10.7 Å². The Bertz CT molecular complexity index is 419. The maximum Gasteiger partial charge on any atom is 0.232 e. The zero-order valence-electron chi connectivity index (χ0n) is 11.2. The summed E-state index contributed by atoms with van der Waals surface area (Å²) in [4.78, 5) is 10.8. The molecule has 2 heterocycles. The predicted octanol–water partition coefficient (Wildman–Crippen LogP) is 1.38. The highest BCUT2D eigenvalue weighted by Crippen LogP contribution is 2.21. The average molecular weight is 331 g/mol. The van der Waals surface area contributed by atoms with E-state index in [1.807, 2.05) is 0 Å². The van der Waals surface area contributed by atoms with E-state index in [1.165, 1.54) is 0 Å². The van der Waals surface area contributed by atoms with Gasteiger partial charge in [-0.1, -0.05) is 6.92 Å². The number of nitrogens with zero attached hydrogens (tertiary/aromatic N) is 3. The summed E-state index contributed by atoms with van der Waals surface area (Å²) in [5, 5.41) is 3.19. The molecule has 1 aliphatic rings. The van der Waals surface area contributed by atoms with Crippen molar-refractivity contribution in [3.8, 4) is 5.88 Å². The van der Waals surface area contributed by atoms with Gasteiger partial charge in [-0.15, -0.1) is 0 Å². The summed E-state index contributed by atoms with van der Waals surface area (Å²) in [6, 6.07) is 0. The Kier molecular flexibility index (Phi) is 5.35. The monoisotopic (exact) mass is 330 g/mol. The highest BCUT2D eigenvalue weighted by Gasteiger charge is 2.19. The van der Waals surface area contributed by atoms with Crippen molar-refractivity contribution in [2.45, 2.75) is 13.0 Å². The number of aromatic nitrogens is 2. The van der Waals surface area contributed by atoms with E-state index < -0.39 is 0 Å². The van der Waals surface area contributed by atoms with Gasteiger partial charge in [0.05, 0.1) is 30.5 Å². The third kappa shape index (κ3) is 4.02. The molecule has 0 bridgehead atoms. The summed E-state index contributed by atoms with van der Waals surface area (Å²) in [5.41, 5.74) is 0. The van der Waals surface area contributed by atoms with Gasteiger partial charge in [-0.2, -0.15) is 4.98 Å². The lowest BCUT2D eigenvalue weighted by Crippen LogP contribution is -2.45. The van der Waals surface area contributed by atoms with Gasteiger partial charge >= 0.3 is 0 Å². The molecule has 1 aromatic heterocycles. The molecule has 0 spiro atoms. The minimum atomic E-state index is 0.173. The van der Waals surface area contributed by atoms with E-state index in [-0.39, 0.29) is 6.10 Å². The molecule has 0 saturated carbocycles. The van der Waals surface area contributed by atoms with Crippen LogP contribution in [0, 0.1) is 0 Å². The highest BCUT2D eigenvalue weighted by atomic mass is 79.9. The van der Waals surface area contributed by atoms with Crippen molar-refractivity contribution < 1.29 is 9.47 Å². The van der Waals surface area contributed by atoms with E-state index in [4.69, 9.17) is 9.47 Å². The molecule has 1 fully saturated rings. The first-order chi connectivity index (χ1) is 9.22. The number of rotatable bonds is 5. The summed E-state index contributed by atoms with van der Waals surface area (Å²) in [7, 11) is 1.58. The van der Waals surface area contributed by atoms with Crippen LogP contribution in [0.15, 0.2) is 10.7 Å².